The molecule has 7 heteroatoms. The molecule has 1 atom stereocenters. The zero-order valence-electron chi connectivity index (χ0n) is 18.1. The monoisotopic (exact) mass is 436 g/mol. The number of nitrogens with one attached hydrogen (secondary N) is 2. The Morgan fingerprint density at radius 3 is 2.16 bits per heavy atom. The number of ether oxygens (including phenoxy) is 1. The summed E-state index contributed by atoms with van der Waals surface area (Å²) >= 11 is 0. The van der Waals surface area contributed by atoms with E-state index in [1.54, 1.807) is 6.92 Å². The lowest BCUT2D eigenvalue weighted by atomic mass is 9.96. The van der Waals surface area contributed by atoms with Crippen LogP contribution in [0.3, 0.4) is 0 Å². The van der Waals surface area contributed by atoms with E-state index in [1.165, 1.54) is 0 Å². The number of rotatable bonds is 7. The van der Waals surface area contributed by atoms with Crippen LogP contribution in [0.5, 0.6) is 0 Å². The number of carbonyl (C=O) groups excluding carboxylic acids is 2. The molecule has 3 N–H and O–H groups in total. The molecule has 1 fully saturated rings. The third-order valence-electron chi connectivity index (χ3n) is 6.44. The quantitative estimate of drug-likeness (QED) is 0.612. The molecule has 2 aliphatic rings. The molecule has 0 radical (unpaired) electrons. The van der Waals surface area contributed by atoms with Crippen molar-refractivity contribution < 1.29 is 24.2 Å². The van der Waals surface area contributed by atoms with E-state index in [4.69, 9.17) is 9.84 Å². The summed E-state index contributed by atoms with van der Waals surface area (Å²) in [6, 6.07) is 15.7. The molecule has 0 spiro atoms. The van der Waals surface area contributed by atoms with Gasteiger partial charge in [0.1, 0.15) is 12.1 Å². The second-order valence-corrected chi connectivity index (χ2v) is 8.71. The SMILES string of the molecule is C[C@H](CC(=O)O)NC(=O)C1(NC(=O)OCC2c3ccccc3-c3ccccc32)CCCC1. The highest BCUT2D eigenvalue weighted by molar-refractivity contribution is 5.90. The lowest BCUT2D eigenvalue weighted by molar-refractivity contribution is -0.137. The van der Waals surface area contributed by atoms with Gasteiger partial charge in [0.2, 0.25) is 5.91 Å². The van der Waals surface area contributed by atoms with Crippen molar-refractivity contribution >= 4 is 18.0 Å². The van der Waals surface area contributed by atoms with Crippen molar-refractivity contribution in [3.05, 3.63) is 59.7 Å². The van der Waals surface area contributed by atoms with E-state index < -0.39 is 23.6 Å². The number of benzene rings is 2. The highest BCUT2D eigenvalue weighted by Crippen LogP contribution is 2.44. The number of hydrogen-bond acceptors (Lipinski definition) is 4. The van der Waals surface area contributed by atoms with E-state index in [2.05, 4.69) is 34.9 Å². The van der Waals surface area contributed by atoms with Crippen LogP contribution < -0.4 is 10.6 Å². The minimum atomic E-state index is -1.06. The third-order valence-corrected chi connectivity index (χ3v) is 6.44. The summed E-state index contributed by atoms with van der Waals surface area (Å²) in [5, 5.41) is 14.5. The summed E-state index contributed by atoms with van der Waals surface area (Å²) < 4.78 is 5.62. The number of alkyl carbamates (subject to hydrolysis) is 1. The fourth-order valence-electron chi connectivity index (χ4n) is 4.89. The number of amides is 2. The first-order valence-electron chi connectivity index (χ1n) is 11.1. The van der Waals surface area contributed by atoms with Gasteiger partial charge in [-0.05, 0) is 42.0 Å². The van der Waals surface area contributed by atoms with Crippen LogP contribution in [0.4, 0.5) is 4.79 Å². The fourth-order valence-corrected chi connectivity index (χ4v) is 4.89. The topological polar surface area (TPSA) is 105 Å². The molecular weight excluding hydrogens is 408 g/mol. The summed E-state index contributed by atoms with van der Waals surface area (Å²) in [6.45, 7) is 1.81. The fraction of sp³-hybridized carbons (Fsp3) is 0.400. The van der Waals surface area contributed by atoms with Gasteiger partial charge in [0.15, 0.2) is 0 Å². The summed E-state index contributed by atoms with van der Waals surface area (Å²) in [5.41, 5.74) is 3.48. The normalized spacial score (nSPS) is 17.2. The van der Waals surface area contributed by atoms with Gasteiger partial charge >= 0.3 is 12.1 Å². The highest BCUT2D eigenvalue weighted by atomic mass is 16.5. The molecule has 1 saturated carbocycles. The number of fused-ring (bicyclic) bond motifs is 3. The van der Waals surface area contributed by atoms with Gasteiger partial charge < -0.3 is 20.5 Å². The summed E-state index contributed by atoms with van der Waals surface area (Å²) in [7, 11) is 0. The number of carbonyl (C=O) groups is 3. The Hall–Kier alpha value is -3.35. The molecule has 32 heavy (non-hydrogen) atoms. The van der Waals surface area contributed by atoms with Crippen LogP contribution in [-0.2, 0) is 14.3 Å². The Bertz CT molecular complexity index is 983. The first-order chi connectivity index (χ1) is 15.4. The van der Waals surface area contributed by atoms with Crippen molar-refractivity contribution in [3.63, 3.8) is 0 Å². The molecule has 2 aromatic carbocycles. The number of carboxylic acids is 1. The van der Waals surface area contributed by atoms with Crippen LogP contribution in [0.15, 0.2) is 48.5 Å². The second kappa shape index (κ2) is 9.02. The van der Waals surface area contributed by atoms with Gasteiger partial charge in [-0.25, -0.2) is 4.79 Å². The predicted octanol–water partition coefficient (Wildman–Crippen LogP) is 3.82. The zero-order valence-corrected chi connectivity index (χ0v) is 18.1. The van der Waals surface area contributed by atoms with Crippen LogP contribution in [-0.4, -0.2) is 41.3 Å². The molecule has 0 aliphatic heterocycles. The summed E-state index contributed by atoms with van der Waals surface area (Å²) in [4.78, 5) is 36.6. The summed E-state index contributed by atoms with van der Waals surface area (Å²) in [5.74, 6) is -1.39. The Balaban J connectivity index is 1.43. The predicted molar refractivity (Wildman–Crippen MR) is 119 cm³/mol. The maximum absolute atomic E-state index is 12.9. The van der Waals surface area contributed by atoms with Gasteiger partial charge in [0.25, 0.3) is 0 Å². The van der Waals surface area contributed by atoms with Crippen LogP contribution in [0.2, 0.25) is 0 Å². The Morgan fingerprint density at radius 2 is 1.59 bits per heavy atom. The van der Waals surface area contributed by atoms with E-state index in [0.717, 1.165) is 35.1 Å². The number of aliphatic carboxylic acids is 1. The van der Waals surface area contributed by atoms with Crippen molar-refractivity contribution in [1.82, 2.24) is 10.6 Å². The van der Waals surface area contributed by atoms with Gasteiger partial charge in [-0.2, -0.15) is 0 Å². The largest absolute Gasteiger partial charge is 0.481 e. The van der Waals surface area contributed by atoms with Crippen LogP contribution in [0.25, 0.3) is 11.1 Å². The van der Waals surface area contributed by atoms with Crippen LogP contribution in [0.1, 0.15) is 56.1 Å². The van der Waals surface area contributed by atoms with Gasteiger partial charge in [-0.3, -0.25) is 9.59 Å². The molecule has 2 aliphatic carbocycles. The van der Waals surface area contributed by atoms with Crippen LogP contribution >= 0.6 is 0 Å². The minimum Gasteiger partial charge on any atom is -0.481 e. The molecule has 0 aromatic heterocycles. The zero-order chi connectivity index (χ0) is 22.7. The van der Waals surface area contributed by atoms with Crippen molar-refractivity contribution in [2.45, 2.75) is 56.5 Å². The van der Waals surface area contributed by atoms with Gasteiger partial charge in [0.05, 0.1) is 6.42 Å². The van der Waals surface area contributed by atoms with Gasteiger partial charge in [0, 0.05) is 12.0 Å². The van der Waals surface area contributed by atoms with Crippen molar-refractivity contribution in [2.75, 3.05) is 6.61 Å². The first-order valence-corrected chi connectivity index (χ1v) is 11.1. The molecule has 2 amide bonds. The Morgan fingerprint density at radius 1 is 1.03 bits per heavy atom. The van der Waals surface area contributed by atoms with E-state index in [9.17, 15) is 14.4 Å². The van der Waals surface area contributed by atoms with E-state index in [0.29, 0.717) is 12.8 Å². The average Bonchev–Trinajstić information content (AvgIpc) is 3.35. The third kappa shape index (κ3) is 4.33. The van der Waals surface area contributed by atoms with Crippen molar-refractivity contribution in [3.8, 4) is 11.1 Å². The minimum absolute atomic E-state index is 0.0582. The van der Waals surface area contributed by atoms with E-state index in [1.807, 2.05) is 24.3 Å². The van der Waals surface area contributed by atoms with Crippen molar-refractivity contribution in [1.29, 1.82) is 0 Å². The molecule has 0 unspecified atom stereocenters. The molecule has 0 saturated heterocycles. The highest BCUT2D eigenvalue weighted by Gasteiger charge is 2.43. The molecule has 0 bridgehead atoms. The maximum Gasteiger partial charge on any atom is 0.408 e. The smallest absolute Gasteiger partial charge is 0.408 e. The van der Waals surface area contributed by atoms with Crippen molar-refractivity contribution in [2.24, 2.45) is 0 Å². The number of carboxylic acid groups (broad SMARTS) is 1. The van der Waals surface area contributed by atoms with E-state index in [-0.39, 0.29) is 24.9 Å². The average molecular weight is 437 g/mol. The van der Waals surface area contributed by atoms with Gasteiger partial charge in [-0.1, -0.05) is 61.4 Å². The molecule has 168 valence electrons. The molecule has 4 rings (SSSR count). The molecule has 7 nitrogen and oxygen atoms in total. The summed E-state index contributed by atoms with van der Waals surface area (Å²) in [6.07, 6.45) is 1.82. The first kappa shape index (κ1) is 21.9. The second-order valence-electron chi connectivity index (χ2n) is 8.71. The lowest BCUT2D eigenvalue weighted by Crippen LogP contribution is -2.58. The Kier molecular flexibility index (Phi) is 6.17. The number of hydrogen-bond donors (Lipinski definition) is 3. The molecule has 2 aromatic rings. The Labute approximate surface area is 187 Å². The van der Waals surface area contributed by atoms with Crippen LogP contribution in [0, 0.1) is 0 Å². The van der Waals surface area contributed by atoms with E-state index >= 15 is 0 Å². The standard InChI is InChI=1S/C25H28N2O5/c1-16(14-22(28)29)26-23(30)25(12-6-7-13-25)27-24(31)32-15-21-19-10-4-2-8-17(19)18-9-3-5-11-20(18)21/h2-5,8-11,16,21H,6-7,12-15H2,1H3,(H,26,30)(H,27,31)(H,28,29)/t16-/m1/s1. The lowest BCUT2D eigenvalue weighted by Gasteiger charge is -2.30. The maximum atomic E-state index is 12.9. The van der Waals surface area contributed by atoms with Gasteiger partial charge in [-0.15, -0.1) is 0 Å². The molecular formula is C25H28N2O5. The molecule has 0 heterocycles.